The van der Waals surface area contributed by atoms with Gasteiger partial charge < -0.3 is 5.32 Å². The average Bonchev–Trinajstić information content (AvgIpc) is 2.24. The highest BCUT2D eigenvalue weighted by molar-refractivity contribution is 9.10. The van der Waals surface area contributed by atoms with Crippen LogP contribution in [0.25, 0.3) is 6.08 Å². The number of piperidine rings is 1. The van der Waals surface area contributed by atoms with Crippen molar-refractivity contribution < 1.29 is 4.79 Å². The van der Waals surface area contributed by atoms with E-state index in [4.69, 9.17) is 11.6 Å². The minimum atomic E-state index is 0.274. The third-order valence-corrected chi connectivity index (χ3v) is 3.27. The Labute approximate surface area is 108 Å². The summed E-state index contributed by atoms with van der Waals surface area (Å²) in [5, 5.41) is 3.90. The number of hydrogen-bond acceptors (Lipinski definition) is 2. The van der Waals surface area contributed by atoms with E-state index >= 15 is 0 Å². The first-order valence-corrected chi connectivity index (χ1v) is 6.23. The number of hydrogen-bond donors (Lipinski definition) is 1. The fourth-order valence-corrected chi connectivity index (χ4v) is 2.19. The quantitative estimate of drug-likeness (QED) is 0.861. The van der Waals surface area contributed by atoms with Crippen LogP contribution in [0.3, 0.4) is 0 Å². The zero-order valence-electron chi connectivity index (χ0n) is 8.59. The lowest BCUT2D eigenvalue weighted by atomic mass is 10.1. The van der Waals surface area contributed by atoms with E-state index in [0.29, 0.717) is 17.9 Å². The molecule has 1 fully saturated rings. The number of carbonyl (C=O) groups is 1. The Balaban J connectivity index is 2.27. The fraction of sp³-hybridized carbons (Fsp3) is 0.250. The maximum atomic E-state index is 11.3. The molecule has 0 aromatic heterocycles. The molecular weight excluding hydrogens is 289 g/mol. The molecule has 1 heterocycles. The van der Waals surface area contributed by atoms with Crippen molar-refractivity contribution in [3.8, 4) is 0 Å². The summed E-state index contributed by atoms with van der Waals surface area (Å²) in [5.41, 5.74) is 1.87. The van der Waals surface area contributed by atoms with Crippen LogP contribution in [0, 0.1) is 0 Å². The van der Waals surface area contributed by atoms with Gasteiger partial charge in [-0.15, -0.1) is 0 Å². The molecule has 16 heavy (non-hydrogen) atoms. The summed E-state index contributed by atoms with van der Waals surface area (Å²) >= 11 is 9.47. The van der Waals surface area contributed by atoms with Gasteiger partial charge >= 0.3 is 0 Å². The Morgan fingerprint density at radius 1 is 1.44 bits per heavy atom. The van der Waals surface area contributed by atoms with Crippen LogP contribution in [0.1, 0.15) is 18.4 Å². The van der Waals surface area contributed by atoms with Crippen molar-refractivity contribution in [2.45, 2.75) is 12.8 Å². The molecule has 1 aliphatic rings. The Bertz CT molecular complexity index is 456. The Morgan fingerprint density at radius 3 is 3.00 bits per heavy atom. The van der Waals surface area contributed by atoms with Crippen LogP contribution in [-0.4, -0.2) is 12.3 Å². The number of benzene rings is 1. The Morgan fingerprint density at radius 2 is 2.25 bits per heavy atom. The molecule has 0 spiro atoms. The van der Waals surface area contributed by atoms with Gasteiger partial charge in [0, 0.05) is 34.6 Å². The van der Waals surface area contributed by atoms with E-state index in [1.807, 2.05) is 24.3 Å². The lowest BCUT2D eigenvalue weighted by Crippen LogP contribution is -2.25. The van der Waals surface area contributed by atoms with Gasteiger partial charge in [-0.05, 0) is 29.8 Å². The lowest BCUT2D eigenvalue weighted by Gasteiger charge is -2.16. The largest absolute Gasteiger partial charge is 0.388 e. The normalized spacial score (nSPS) is 18.6. The summed E-state index contributed by atoms with van der Waals surface area (Å²) in [6.07, 6.45) is 3.02. The average molecular weight is 301 g/mol. The van der Waals surface area contributed by atoms with Crippen LogP contribution in [0.2, 0.25) is 5.02 Å². The molecule has 0 bridgehead atoms. The predicted molar refractivity (Wildman–Crippen MR) is 69.4 cm³/mol. The molecule has 1 N–H and O–H groups in total. The second-order valence-electron chi connectivity index (χ2n) is 3.73. The van der Waals surface area contributed by atoms with Crippen molar-refractivity contribution in [1.29, 1.82) is 0 Å². The van der Waals surface area contributed by atoms with Crippen LogP contribution in [0.15, 0.2) is 28.4 Å². The third-order valence-electron chi connectivity index (χ3n) is 2.43. The first kappa shape index (κ1) is 11.7. The third kappa shape index (κ3) is 2.86. The molecule has 0 unspecified atom stereocenters. The van der Waals surface area contributed by atoms with Crippen molar-refractivity contribution in [3.63, 3.8) is 0 Å². The van der Waals surface area contributed by atoms with Crippen molar-refractivity contribution in [3.05, 3.63) is 39.0 Å². The molecule has 1 aromatic rings. The summed E-state index contributed by atoms with van der Waals surface area (Å²) in [4.78, 5) is 11.3. The van der Waals surface area contributed by atoms with Gasteiger partial charge in [0.25, 0.3) is 0 Å². The Hall–Kier alpha value is -0.800. The SMILES string of the molecule is O=C1CCNC(=Cc2cc(Br)ccc2Cl)C1. The molecule has 0 radical (unpaired) electrons. The van der Waals surface area contributed by atoms with E-state index in [2.05, 4.69) is 21.2 Å². The summed E-state index contributed by atoms with van der Waals surface area (Å²) in [7, 11) is 0. The smallest absolute Gasteiger partial charge is 0.140 e. The monoisotopic (exact) mass is 299 g/mol. The maximum absolute atomic E-state index is 11.3. The maximum Gasteiger partial charge on any atom is 0.140 e. The number of carbonyl (C=O) groups excluding carboxylic acids is 1. The van der Waals surface area contributed by atoms with Gasteiger partial charge in [-0.25, -0.2) is 0 Å². The highest BCUT2D eigenvalue weighted by atomic mass is 79.9. The molecule has 1 aliphatic heterocycles. The molecule has 0 amide bonds. The molecule has 2 rings (SSSR count). The summed E-state index contributed by atoms with van der Waals surface area (Å²) < 4.78 is 0.978. The molecule has 1 aromatic carbocycles. The van der Waals surface area contributed by atoms with Gasteiger partial charge in [-0.2, -0.15) is 0 Å². The number of rotatable bonds is 1. The molecule has 0 saturated carbocycles. The highest BCUT2D eigenvalue weighted by Crippen LogP contribution is 2.24. The number of halogens is 2. The standard InChI is InChI=1S/C12H11BrClNO/c13-9-1-2-12(14)8(5-9)6-10-7-11(16)3-4-15-10/h1-2,5-6,15H,3-4,7H2. The zero-order chi connectivity index (χ0) is 11.5. The van der Waals surface area contributed by atoms with E-state index < -0.39 is 0 Å². The van der Waals surface area contributed by atoms with Crippen LogP contribution < -0.4 is 5.32 Å². The van der Waals surface area contributed by atoms with E-state index in [9.17, 15) is 4.79 Å². The minimum absolute atomic E-state index is 0.274. The second kappa shape index (κ2) is 5.02. The first-order valence-electron chi connectivity index (χ1n) is 5.06. The number of allylic oxidation sites excluding steroid dienone is 1. The molecule has 1 saturated heterocycles. The predicted octanol–water partition coefficient (Wildman–Crippen LogP) is 3.40. The van der Waals surface area contributed by atoms with Crippen molar-refractivity contribution in [2.75, 3.05) is 6.54 Å². The van der Waals surface area contributed by atoms with Gasteiger partial charge in [-0.3, -0.25) is 4.79 Å². The van der Waals surface area contributed by atoms with Gasteiger partial charge in [0.05, 0.1) is 0 Å². The van der Waals surface area contributed by atoms with E-state index in [-0.39, 0.29) is 5.78 Å². The summed E-state index contributed by atoms with van der Waals surface area (Å²) in [6, 6.07) is 5.67. The molecule has 84 valence electrons. The topological polar surface area (TPSA) is 29.1 Å². The Kier molecular flexibility index (Phi) is 3.66. The van der Waals surface area contributed by atoms with E-state index in [1.54, 1.807) is 0 Å². The van der Waals surface area contributed by atoms with Crippen molar-refractivity contribution >= 4 is 39.4 Å². The van der Waals surface area contributed by atoms with E-state index in [0.717, 1.165) is 22.3 Å². The lowest BCUT2D eigenvalue weighted by molar-refractivity contribution is -0.119. The molecule has 0 aliphatic carbocycles. The van der Waals surface area contributed by atoms with Crippen LogP contribution in [-0.2, 0) is 4.79 Å². The van der Waals surface area contributed by atoms with Crippen molar-refractivity contribution in [1.82, 2.24) is 5.32 Å². The molecule has 0 atom stereocenters. The summed E-state index contributed by atoms with van der Waals surface area (Å²) in [5.74, 6) is 0.274. The first-order chi connectivity index (χ1) is 7.65. The van der Waals surface area contributed by atoms with Gasteiger partial charge in [-0.1, -0.05) is 27.5 Å². The second-order valence-corrected chi connectivity index (χ2v) is 5.05. The van der Waals surface area contributed by atoms with Crippen molar-refractivity contribution in [2.24, 2.45) is 0 Å². The van der Waals surface area contributed by atoms with Gasteiger partial charge in [0.2, 0.25) is 0 Å². The summed E-state index contributed by atoms with van der Waals surface area (Å²) in [6.45, 7) is 0.719. The molecular formula is C12H11BrClNO. The van der Waals surface area contributed by atoms with Crippen LogP contribution in [0.4, 0.5) is 0 Å². The highest BCUT2D eigenvalue weighted by Gasteiger charge is 2.12. The van der Waals surface area contributed by atoms with E-state index in [1.165, 1.54) is 0 Å². The van der Waals surface area contributed by atoms with Gasteiger partial charge in [0.15, 0.2) is 0 Å². The molecule has 2 nitrogen and oxygen atoms in total. The number of ketones is 1. The van der Waals surface area contributed by atoms with Crippen LogP contribution in [0.5, 0.6) is 0 Å². The number of Topliss-reactive ketones (excluding diaryl/α,β-unsaturated/α-hetero) is 1. The molecule has 4 heteroatoms. The fourth-order valence-electron chi connectivity index (χ4n) is 1.64. The van der Waals surface area contributed by atoms with Gasteiger partial charge in [0.1, 0.15) is 5.78 Å². The zero-order valence-corrected chi connectivity index (χ0v) is 10.9. The van der Waals surface area contributed by atoms with Crippen LogP contribution >= 0.6 is 27.5 Å². The minimum Gasteiger partial charge on any atom is -0.388 e. The number of nitrogens with one attached hydrogen (secondary N) is 1.